The molecule has 1 heterocycles. The van der Waals surface area contributed by atoms with E-state index >= 15 is 0 Å². The van der Waals surface area contributed by atoms with Crippen LogP contribution in [0.5, 0.6) is 0 Å². The number of carbonyl (C=O) groups excluding carboxylic acids is 1. The highest BCUT2D eigenvalue weighted by molar-refractivity contribution is 5.95. The van der Waals surface area contributed by atoms with Gasteiger partial charge in [-0.2, -0.15) is 0 Å². The lowest BCUT2D eigenvalue weighted by molar-refractivity contribution is -0.135. The van der Waals surface area contributed by atoms with Crippen molar-refractivity contribution in [3.8, 4) is 0 Å². The van der Waals surface area contributed by atoms with Crippen LogP contribution in [0.15, 0.2) is 12.3 Å². The second-order valence-corrected chi connectivity index (χ2v) is 3.98. The standard InChI is InChI=1S/C12H15FN2O3/c1-3-7(2)11-9(13)4-8(5-14-11)12(18)15-6-10(16)17/h4-5,7H,3,6H2,1-2H3,(H,15,18)(H,16,17). The van der Waals surface area contributed by atoms with Gasteiger partial charge in [-0.25, -0.2) is 4.39 Å². The number of carboxylic acids is 1. The smallest absolute Gasteiger partial charge is 0.322 e. The minimum Gasteiger partial charge on any atom is -0.480 e. The van der Waals surface area contributed by atoms with E-state index in [2.05, 4.69) is 10.3 Å². The van der Waals surface area contributed by atoms with Crippen molar-refractivity contribution < 1.29 is 19.1 Å². The van der Waals surface area contributed by atoms with E-state index in [1.54, 1.807) is 0 Å². The number of halogens is 1. The van der Waals surface area contributed by atoms with Crippen LogP contribution in [0.4, 0.5) is 4.39 Å². The summed E-state index contributed by atoms with van der Waals surface area (Å²) in [6, 6.07) is 1.08. The molecule has 2 N–H and O–H groups in total. The summed E-state index contributed by atoms with van der Waals surface area (Å²) < 4.78 is 13.7. The molecule has 0 aliphatic heterocycles. The summed E-state index contributed by atoms with van der Waals surface area (Å²) in [5.74, 6) is -2.39. The van der Waals surface area contributed by atoms with E-state index in [0.29, 0.717) is 5.69 Å². The van der Waals surface area contributed by atoms with Gasteiger partial charge in [0.1, 0.15) is 12.4 Å². The topological polar surface area (TPSA) is 79.3 Å². The lowest BCUT2D eigenvalue weighted by Gasteiger charge is -2.10. The summed E-state index contributed by atoms with van der Waals surface area (Å²) in [7, 11) is 0. The van der Waals surface area contributed by atoms with Crippen molar-refractivity contribution in [3.05, 3.63) is 29.3 Å². The Balaban J connectivity index is 2.83. The summed E-state index contributed by atoms with van der Waals surface area (Å²) in [6.07, 6.45) is 2.00. The molecule has 0 bridgehead atoms. The number of aromatic nitrogens is 1. The van der Waals surface area contributed by atoms with Crippen molar-refractivity contribution in [2.45, 2.75) is 26.2 Å². The molecule has 18 heavy (non-hydrogen) atoms. The van der Waals surface area contributed by atoms with Crippen molar-refractivity contribution in [2.75, 3.05) is 6.54 Å². The normalized spacial score (nSPS) is 11.9. The number of pyridine rings is 1. The van der Waals surface area contributed by atoms with Gasteiger partial charge in [-0.05, 0) is 12.5 Å². The maximum atomic E-state index is 13.7. The Morgan fingerprint density at radius 2 is 2.22 bits per heavy atom. The summed E-state index contributed by atoms with van der Waals surface area (Å²) in [5.41, 5.74) is 0.327. The molecule has 1 atom stereocenters. The lowest BCUT2D eigenvalue weighted by atomic mass is 10.0. The molecule has 1 rings (SSSR count). The maximum absolute atomic E-state index is 13.7. The Hall–Kier alpha value is -1.98. The van der Waals surface area contributed by atoms with Gasteiger partial charge in [0.2, 0.25) is 0 Å². The predicted molar refractivity (Wildman–Crippen MR) is 62.9 cm³/mol. The number of aliphatic carboxylic acids is 1. The minimum atomic E-state index is -1.16. The molecule has 6 heteroatoms. The van der Waals surface area contributed by atoms with Gasteiger partial charge in [0, 0.05) is 12.1 Å². The molecule has 1 amide bonds. The molecule has 0 fully saturated rings. The molecule has 0 aromatic carbocycles. The van der Waals surface area contributed by atoms with E-state index in [0.717, 1.165) is 12.5 Å². The Morgan fingerprint density at radius 3 is 2.72 bits per heavy atom. The van der Waals surface area contributed by atoms with Crippen LogP contribution >= 0.6 is 0 Å². The average molecular weight is 254 g/mol. The van der Waals surface area contributed by atoms with E-state index in [-0.39, 0.29) is 11.5 Å². The van der Waals surface area contributed by atoms with Gasteiger partial charge >= 0.3 is 5.97 Å². The van der Waals surface area contributed by atoms with E-state index in [1.807, 2.05) is 13.8 Å². The molecule has 1 aromatic heterocycles. The minimum absolute atomic E-state index is 0.0146. The predicted octanol–water partition coefficient (Wildman–Crippen LogP) is 1.55. The molecule has 5 nitrogen and oxygen atoms in total. The number of carbonyl (C=O) groups is 2. The van der Waals surface area contributed by atoms with Crippen LogP contribution in [0.25, 0.3) is 0 Å². The summed E-state index contributed by atoms with van der Waals surface area (Å²) >= 11 is 0. The van der Waals surface area contributed by atoms with Crippen molar-refractivity contribution in [1.29, 1.82) is 0 Å². The number of carboxylic acid groups (broad SMARTS) is 1. The number of hydrogen-bond acceptors (Lipinski definition) is 3. The third-order valence-electron chi connectivity index (χ3n) is 2.61. The third kappa shape index (κ3) is 3.51. The first-order valence-electron chi connectivity index (χ1n) is 5.61. The van der Waals surface area contributed by atoms with Gasteiger partial charge in [0.05, 0.1) is 11.3 Å². The SMILES string of the molecule is CCC(C)c1ncc(C(=O)NCC(=O)O)cc1F. The molecular weight excluding hydrogens is 239 g/mol. The van der Waals surface area contributed by atoms with Gasteiger partial charge in [-0.1, -0.05) is 13.8 Å². The molecule has 0 aliphatic carbocycles. The number of rotatable bonds is 5. The Kier molecular flexibility index (Phi) is 4.76. The van der Waals surface area contributed by atoms with E-state index in [4.69, 9.17) is 5.11 Å². The second-order valence-electron chi connectivity index (χ2n) is 3.98. The quantitative estimate of drug-likeness (QED) is 0.835. The average Bonchev–Trinajstić information content (AvgIpc) is 2.34. The fraction of sp³-hybridized carbons (Fsp3) is 0.417. The molecule has 1 aromatic rings. The largest absolute Gasteiger partial charge is 0.480 e. The summed E-state index contributed by atoms with van der Waals surface area (Å²) in [6.45, 7) is 3.25. The molecule has 0 saturated heterocycles. The number of nitrogens with one attached hydrogen (secondary N) is 1. The van der Waals surface area contributed by atoms with Crippen molar-refractivity contribution in [2.24, 2.45) is 0 Å². The lowest BCUT2D eigenvalue weighted by Crippen LogP contribution is -2.29. The summed E-state index contributed by atoms with van der Waals surface area (Å²) in [4.78, 5) is 25.7. The molecule has 0 saturated carbocycles. The Labute approximate surface area is 104 Å². The van der Waals surface area contributed by atoms with Crippen LogP contribution in [0.2, 0.25) is 0 Å². The van der Waals surface area contributed by atoms with Crippen LogP contribution in [0.1, 0.15) is 42.2 Å². The second kappa shape index (κ2) is 6.09. The highest BCUT2D eigenvalue weighted by Gasteiger charge is 2.14. The fourth-order valence-electron chi connectivity index (χ4n) is 1.39. The molecule has 98 valence electrons. The van der Waals surface area contributed by atoms with Gasteiger partial charge < -0.3 is 10.4 Å². The number of hydrogen-bond donors (Lipinski definition) is 2. The first-order valence-corrected chi connectivity index (χ1v) is 5.61. The number of amides is 1. The highest BCUT2D eigenvalue weighted by Crippen LogP contribution is 2.19. The van der Waals surface area contributed by atoms with Gasteiger partial charge in [-0.15, -0.1) is 0 Å². The van der Waals surface area contributed by atoms with E-state index < -0.39 is 24.2 Å². The zero-order valence-electron chi connectivity index (χ0n) is 10.2. The summed E-state index contributed by atoms with van der Waals surface area (Å²) in [5, 5.41) is 10.6. The van der Waals surface area contributed by atoms with Crippen molar-refractivity contribution >= 4 is 11.9 Å². The Morgan fingerprint density at radius 1 is 1.56 bits per heavy atom. The molecule has 0 spiro atoms. The van der Waals surface area contributed by atoms with Crippen LogP contribution in [0.3, 0.4) is 0 Å². The zero-order chi connectivity index (χ0) is 13.7. The van der Waals surface area contributed by atoms with Crippen LogP contribution in [0, 0.1) is 5.82 Å². The monoisotopic (exact) mass is 254 g/mol. The molecule has 0 radical (unpaired) electrons. The maximum Gasteiger partial charge on any atom is 0.322 e. The van der Waals surface area contributed by atoms with E-state index in [9.17, 15) is 14.0 Å². The molecule has 0 aliphatic rings. The van der Waals surface area contributed by atoms with Crippen LogP contribution in [-0.2, 0) is 4.79 Å². The number of nitrogens with zero attached hydrogens (tertiary/aromatic N) is 1. The first kappa shape index (κ1) is 14.1. The van der Waals surface area contributed by atoms with Gasteiger partial charge in [-0.3, -0.25) is 14.6 Å². The highest BCUT2D eigenvalue weighted by atomic mass is 19.1. The fourth-order valence-corrected chi connectivity index (χ4v) is 1.39. The third-order valence-corrected chi connectivity index (χ3v) is 2.61. The van der Waals surface area contributed by atoms with Crippen LogP contribution in [-0.4, -0.2) is 28.5 Å². The van der Waals surface area contributed by atoms with Crippen LogP contribution < -0.4 is 5.32 Å². The first-order chi connectivity index (χ1) is 8.45. The van der Waals surface area contributed by atoms with E-state index in [1.165, 1.54) is 6.20 Å². The zero-order valence-corrected chi connectivity index (χ0v) is 10.2. The molecule has 1 unspecified atom stereocenters. The van der Waals surface area contributed by atoms with Gasteiger partial charge in [0.15, 0.2) is 0 Å². The van der Waals surface area contributed by atoms with Crippen molar-refractivity contribution in [1.82, 2.24) is 10.3 Å². The van der Waals surface area contributed by atoms with Gasteiger partial charge in [0.25, 0.3) is 5.91 Å². The Bertz CT molecular complexity index is 463. The van der Waals surface area contributed by atoms with Crippen molar-refractivity contribution in [3.63, 3.8) is 0 Å². The molecular formula is C12H15FN2O3.